The fourth-order valence-corrected chi connectivity index (χ4v) is 2.30. The topological polar surface area (TPSA) is 24.1 Å². The molecule has 1 unspecified atom stereocenters. The van der Waals surface area contributed by atoms with Crippen molar-refractivity contribution in [3.63, 3.8) is 0 Å². The van der Waals surface area contributed by atoms with E-state index in [0.717, 1.165) is 24.7 Å². The summed E-state index contributed by atoms with van der Waals surface area (Å²) in [6, 6.07) is 6.18. The van der Waals surface area contributed by atoms with Gasteiger partial charge in [0.2, 0.25) is 0 Å². The molecule has 0 saturated carbocycles. The molecule has 1 aromatic carbocycles. The van der Waals surface area contributed by atoms with Gasteiger partial charge in [0.05, 0.1) is 0 Å². The van der Waals surface area contributed by atoms with Crippen molar-refractivity contribution in [1.29, 1.82) is 0 Å². The molecule has 1 atom stereocenters. The average Bonchev–Trinajstić information content (AvgIpc) is 2.20. The van der Waals surface area contributed by atoms with E-state index < -0.39 is 0 Å². The van der Waals surface area contributed by atoms with Crippen LogP contribution in [0.25, 0.3) is 0 Å². The van der Waals surface area contributed by atoms with Crippen LogP contribution in [0.3, 0.4) is 0 Å². The van der Waals surface area contributed by atoms with Crippen LogP contribution in [0.5, 0.6) is 0 Å². The van der Waals surface area contributed by atoms with Gasteiger partial charge in [0.15, 0.2) is 0 Å². The summed E-state index contributed by atoms with van der Waals surface area (Å²) in [5, 5.41) is 7.49. The zero-order valence-corrected chi connectivity index (χ0v) is 9.06. The van der Waals surface area contributed by atoms with E-state index in [9.17, 15) is 0 Å². The van der Waals surface area contributed by atoms with E-state index in [1.165, 1.54) is 11.1 Å². The van der Waals surface area contributed by atoms with Gasteiger partial charge in [0, 0.05) is 30.6 Å². The molecule has 0 radical (unpaired) electrons. The quantitative estimate of drug-likeness (QED) is 0.777. The Hall–Kier alpha value is -0.570. The van der Waals surface area contributed by atoms with Crippen molar-refractivity contribution in [2.24, 2.45) is 0 Å². The van der Waals surface area contributed by atoms with Crippen LogP contribution in [0, 0.1) is 0 Å². The molecule has 0 fully saturated rings. The summed E-state index contributed by atoms with van der Waals surface area (Å²) in [7, 11) is 1.98. The summed E-state index contributed by atoms with van der Waals surface area (Å²) in [5.41, 5.74) is 2.66. The Morgan fingerprint density at radius 3 is 3.21 bits per heavy atom. The van der Waals surface area contributed by atoms with Gasteiger partial charge in [-0.2, -0.15) is 0 Å². The number of hydrogen-bond acceptors (Lipinski definition) is 2. The van der Waals surface area contributed by atoms with Crippen molar-refractivity contribution in [3.05, 3.63) is 34.3 Å². The second-order valence-electron chi connectivity index (χ2n) is 3.69. The summed E-state index contributed by atoms with van der Waals surface area (Å²) in [6.45, 7) is 2.93. The lowest BCUT2D eigenvalue weighted by Crippen LogP contribution is -2.33. The average molecular weight is 211 g/mol. The van der Waals surface area contributed by atoms with Gasteiger partial charge in [-0.25, -0.2) is 0 Å². The van der Waals surface area contributed by atoms with Crippen LogP contribution in [0.1, 0.15) is 17.0 Å². The highest BCUT2D eigenvalue weighted by molar-refractivity contribution is 6.31. The highest BCUT2D eigenvalue weighted by atomic mass is 35.5. The molecule has 1 heterocycles. The van der Waals surface area contributed by atoms with E-state index in [0.29, 0.717) is 5.92 Å². The van der Waals surface area contributed by atoms with Gasteiger partial charge in [0.1, 0.15) is 0 Å². The first-order valence-electron chi connectivity index (χ1n) is 4.95. The number of hydrogen-bond donors (Lipinski definition) is 2. The molecule has 3 heteroatoms. The summed E-state index contributed by atoms with van der Waals surface area (Å²) in [6.07, 6.45) is 0. The maximum Gasteiger partial charge on any atom is 0.0453 e. The molecule has 14 heavy (non-hydrogen) atoms. The molecule has 76 valence electrons. The van der Waals surface area contributed by atoms with Gasteiger partial charge in [-0.15, -0.1) is 0 Å². The van der Waals surface area contributed by atoms with Gasteiger partial charge in [0.25, 0.3) is 0 Å². The van der Waals surface area contributed by atoms with Crippen molar-refractivity contribution in [2.45, 2.75) is 12.5 Å². The molecular formula is C11H15ClN2. The fraction of sp³-hybridized carbons (Fsp3) is 0.455. The predicted molar refractivity (Wildman–Crippen MR) is 59.8 cm³/mol. The zero-order chi connectivity index (χ0) is 9.97. The third kappa shape index (κ3) is 1.78. The number of rotatable bonds is 2. The standard InChI is InChI=1S/C11H15ClN2/c1-13-5-8-6-14-7-10-9(8)3-2-4-11(10)12/h2-4,8,13-14H,5-7H2,1H3. The van der Waals surface area contributed by atoms with Gasteiger partial charge in [-0.3, -0.25) is 0 Å². The normalized spacial score (nSPS) is 20.6. The molecular weight excluding hydrogens is 196 g/mol. The first kappa shape index (κ1) is 9.97. The molecule has 2 nitrogen and oxygen atoms in total. The van der Waals surface area contributed by atoms with Crippen LogP contribution in [0.4, 0.5) is 0 Å². The Kier molecular flexibility index (Phi) is 3.06. The molecule has 0 aromatic heterocycles. The van der Waals surface area contributed by atoms with Crippen LogP contribution in [0.2, 0.25) is 5.02 Å². The number of fused-ring (bicyclic) bond motifs is 1. The lowest BCUT2D eigenvalue weighted by Gasteiger charge is -2.26. The lowest BCUT2D eigenvalue weighted by atomic mass is 9.91. The monoisotopic (exact) mass is 210 g/mol. The number of likely N-dealkylation sites (N-methyl/N-ethyl adjacent to an activating group) is 1. The molecule has 0 spiro atoms. The maximum atomic E-state index is 6.15. The van der Waals surface area contributed by atoms with Gasteiger partial charge in [-0.05, 0) is 24.2 Å². The number of halogens is 1. The maximum absolute atomic E-state index is 6.15. The molecule has 2 rings (SSSR count). The zero-order valence-electron chi connectivity index (χ0n) is 8.31. The number of benzene rings is 1. The van der Waals surface area contributed by atoms with Crippen molar-refractivity contribution in [1.82, 2.24) is 10.6 Å². The van der Waals surface area contributed by atoms with Crippen molar-refractivity contribution >= 4 is 11.6 Å². The molecule has 0 saturated heterocycles. The van der Waals surface area contributed by atoms with Crippen molar-refractivity contribution in [2.75, 3.05) is 20.1 Å². The van der Waals surface area contributed by atoms with Crippen molar-refractivity contribution in [3.8, 4) is 0 Å². The van der Waals surface area contributed by atoms with E-state index in [2.05, 4.69) is 16.7 Å². The van der Waals surface area contributed by atoms with E-state index >= 15 is 0 Å². The second-order valence-corrected chi connectivity index (χ2v) is 4.10. The molecule has 0 amide bonds. The minimum atomic E-state index is 0.544. The molecule has 2 N–H and O–H groups in total. The van der Waals surface area contributed by atoms with Crippen LogP contribution < -0.4 is 10.6 Å². The summed E-state index contributed by atoms with van der Waals surface area (Å²) >= 11 is 6.15. The van der Waals surface area contributed by atoms with Gasteiger partial charge >= 0.3 is 0 Å². The smallest absolute Gasteiger partial charge is 0.0453 e. The summed E-state index contributed by atoms with van der Waals surface area (Å²) in [4.78, 5) is 0. The first-order valence-corrected chi connectivity index (χ1v) is 5.33. The van der Waals surface area contributed by atoms with Crippen LogP contribution in [0.15, 0.2) is 18.2 Å². The minimum absolute atomic E-state index is 0.544. The van der Waals surface area contributed by atoms with E-state index in [-0.39, 0.29) is 0 Å². The third-order valence-corrected chi connectivity index (χ3v) is 3.09. The Morgan fingerprint density at radius 1 is 1.57 bits per heavy atom. The Balaban J connectivity index is 2.34. The molecule has 1 aromatic rings. The molecule has 0 aliphatic carbocycles. The first-order chi connectivity index (χ1) is 6.83. The predicted octanol–water partition coefficient (Wildman–Crippen LogP) is 1.75. The largest absolute Gasteiger partial charge is 0.319 e. The Bertz CT molecular complexity index is 325. The van der Waals surface area contributed by atoms with Crippen molar-refractivity contribution < 1.29 is 0 Å². The SMILES string of the molecule is CNCC1CNCc2c(Cl)cccc21. The highest BCUT2D eigenvalue weighted by Gasteiger charge is 2.20. The minimum Gasteiger partial charge on any atom is -0.319 e. The summed E-state index contributed by atoms with van der Waals surface area (Å²) in [5.74, 6) is 0.544. The molecule has 1 aliphatic rings. The van der Waals surface area contributed by atoms with Crippen LogP contribution in [-0.4, -0.2) is 20.1 Å². The van der Waals surface area contributed by atoms with E-state index in [1.54, 1.807) is 0 Å². The van der Waals surface area contributed by atoms with Gasteiger partial charge in [-0.1, -0.05) is 23.7 Å². The molecule has 1 aliphatic heterocycles. The highest BCUT2D eigenvalue weighted by Crippen LogP contribution is 2.28. The Labute approximate surface area is 89.7 Å². The van der Waals surface area contributed by atoms with E-state index in [1.807, 2.05) is 19.2 Å². The van der Waals surface area contributed by atoms with Crippen LogP contribution >= 0.6 is 11.6 Å². The van der Waals surface area contributed by atoms with Crippen LogP contribution in [-0.2, 0) is 6.54 Å². The summed E-state index contributed by atoms with van der Waals surface area (Å²) < 4.78 is 0. The third-order valence-electron chi connectivity index (χ3n) is 2.74. The fourth-order valence-electron chi connectivity index (χ4n) is 2.05. The van der Waals surface area contributed by atoms with Gasteiger partial charge < -0.3 is 10.6 Å². The number of nitrogens with one attached hydrogen (secondary N) is 2. The van der Waals surface area contributed by atoms with E-state index in [4.69, 9.17) is 11.6 Å². The Morgan fingerprint density at radius 2 is 2.43 bits per heavy atom. The lowest BCUT2D eigenvalue weighted by molar-refractivity contribution is 0.521. The molecule has 0 bridgehead atoms. The second kappa shape index (κ2) is 4.30.